The Morgan fingerprint density at radius 2 is 1.96 bits per heavy atom. The zero-order chi connectivity index (χ0) is 20.4. The van der Waals surface area contributed by atoms with E-state index in [4.69, 9.17) is 11.6 Å². The summed E-state index contributed by atoms with van der Waals surface area (Å²) in [4.78, 5) is 15.2. The number of phenolic OH excluding ortho intramolecular Hbond substituents is 1. The number of carbonyl (C=O) groups excluding carboxylic acids is 1. The summed E-state index contributed by atoms with van der Waals surface area (Å²) in [5.41, 5.74) is 1.98. The van der Waals surface area contributed by atoms with E-state index in [1.165, 1.54) is 39.2 Å². The highest BCUT2D eigenvalue weighted by atomic mass is 35.5. The van der Waals surface area contributed by atoms with Crippen LogP contribution in [-0.2, 0) is 10.0 Å². The Kier molecular flexibility index (Phi) is 6.14. The number of nitrogens with zero attached hydrogens (tertiary/aromatic N) is 3. The molecule has 0 aliphatic heterocycles. The van der Waals surface area contributed by atoms with Crippen molar-refractivity contribution in [3.05, 3.63) is 52.6 Å². The van der Waals surface area contributed by atoms with Crippen LogP contribution in [0.1, 0.15) is 22.8 Å². The summed E-state index contributed by atoms with van der Waals surface area (Å²) in [7, 11) is -1.30. The van der Waals surface area contributed by atoms with Gasteiger partial charge in [-0.15, -0.1) is 0 Å². The zero-order valence-corrected chi connectivity index (χ0v) is 16.1. The van der Waals surface area contributed by atoms with Crippen LogP contribution in [0.25, 0.3) is 0 Å². The van der Waals surface area contributed by atoms with Gasteiger partial charge in [0, 0.05) is 24.7 Å². The summed E-state index contributed by atoms with van der Waals surface area (Å²) >= 11 is 5.85. The van der Waals surface area contributed by atoms with Crippen molar-refractivity contribution in [3.63, 3.8) is 0 Å². The molecule has 11 heteroatoms. The Bertz CT molecular complexity index is 1030. The van der Waals surface area contributed by atoms with Crippen LogP contribution >= 0.6 is 11.6 Å². The molecule has 0 unspecified atom stereocenters. The van der Waals surface area contributed by atoms with Gasteiger partial charge in [-0.2, -0.15) is 9.49 Å². The number of rotatable bonds is 5. The molecule has 27 heavy (non-hydrogen) atoms. The Hall–Kier alpha value is -2.56. The Morgan fingerprint density at radius 3 is 2.59 bits per heavy atom. The average molecular weight is 415 g/mol. The minimum absolute atomic E-state index is 0.109. The van der Waals surface area contributed by atoms with Gasteiger partial charge in [0.2, 0.25) is 16.0 Å². The molecule has 0 spiro atoms. The molecule has 144 valence electrons. The highest BCUT2D eigenvalue weighted by Gasteiger charge is 2.22. The van der Waals surface area contributed by atoms with Crippen molar-refractivity contribution in [3.8, 4) is 5.75 Å². The number of hydrogen-bond donors (Lipinski definition) is 2. The number of pyridine rings is 1. The van der Waals surface area contributed by atoms with Gasteiger partial charge >= 0.3 is 0 Å². The van der Waals surface area contributed by atoms with Gasteiger partial charge in [0.05, 0.1) is 17.5 Å². The second-order valence-corrected chi connectivity index (χ2v) is 8.18. The molecule has 0 aliphatic carbocycles. The molecule has 0 atom stereocenters. The normalized spacial score (nSPS) is 12.3. The minimum atomic E-state index is -3.89. The van der Waals surface area contributed by atoms with Gasteiger partial charge in [-0.05, 0) is 31.2 Å². The fraction of sp³-hybridized carbons (Fsp3) is 0.188. The quantitative estimate of drug-likeness (QED) is 0.441. The number of benzene rings is 1. The lowest BCUT2D eigenvalue weighted by molar-refractivity contribution is 0.0949. The Balaban J connectivity index is 2.32. The first-order chi connectivity index (χ1) is 12.5. The molecule has 2 rings (SSSR count). The largest absolute Gasteiger partial charge is 0.507 e. The number of phenols is 1. The number of hydrazone groups is 1. The van der Waals surface area contributed by atoms with Gasteiger partial charge in [-0.3, -0.25) is 4.79 Å². The number of aromatic hydroxyl groups is 1. The van der Waals surface area contributed by atoms with Gasteiger partial charge in [0.25, 0.3) is 5.91 Å². The maximum Gasteiger partial charge on any atom is 0.276 e. The molecule has 0 fully saturated rings. The predicted molar refractivity (Wildman–Crippen MR) is 97.9 cm³/mol. The van der Waals surface area contributed by atoms with Gasteiger partial charge in [-0.1, -0.05) is 11.6 Å². The molecule has 1 aromatic heterocycles. The number of halogens is 2. The summed E-state index contributed by atoms with van der Waals surface area (Å²) in [5.74, 6) is -2.26. The fourth-order valence-electron chi connectivity index (χ4n) is 1.99. The van der Waals surface area contributed by atoms with Crippen LogP contribution in [0, 0.1) is 5.95 Å². The maximum absolute atomic E-state index is 13.9. The van der Waals surface area contributed by atoms with E-state index in [9.17, 15) is 22.7 Å². The first-order valence-electron chi connectivity index (χ1n) is 7.45. The monoisotopic (exact) mass is 414 g/mol. The first kappa shape index (κ1) is 20.7. The van der Waals surface area contributed by atoms with Gasteiger partial charge in [-0.25, -0.2) is 23.1 Å². The molecular formula is C16H16ClFN4O4S. The lowest BCUT2D eigenvalue weighted by atomic mass is 10.1. The van der Waals surface area contributed by atoms with Gasteiger partial charge in [0.15, 0.2) is 0 Å². The first-order valence-corrected chi connectivity index (χ1v) is 9.27. The molecule has 0 saturated carbocycles. The van der Waals surface area contributed by atoms with E-state index in [0.29, 0.717) is 5.02 Å². The van der Waals surface area contributed by atoms with Crippen molar-refractivity contribution < 1.29 is 22.7 Å². The van der Waals surface area contributed by atoms with Crippen molar-refractivity contribution in [2.45, 2.75) is 11.8 Å². The smallest absolute Gasteiger partial charge is 0.276 e. The molecule has 2 N–H and O–H groups in total. The summed E-state index contributed by atoms with van der Waals surface area (Å²) in [6.45, 7) is 1.49. The van der Waals surface area contributed by atoms with Crippen LogP contribution in [0.3, 0.4) is 0 Å². The molecule has 1 aromatic carbocycles. The second-order valence-electron chi connectivity index (χ2n) is 5.60. The minimum Gasteiger partial charge on any atom is -0.507 e. The summed E-state index contributed by atoms with van der Waals surface area (Å²) in [6.07, 6.45) is 0.819. The molecule has 8 nitrogen and oxygen atoms in total. The van der Waals surface area contributed by atoms with E-state index in [1.54, 1.807) is 0 Å². The standard InChI is InChI=1S/C16H16ClFN4O4S/c1-9(12-6-10(17)4-5-14(12)23)20-21-16(24)13-7-11(8-19-15(13)18)27(25,26)22(2)3/h4-8,23H,1-3H3,(H,21,24)/b20-9+. The molecule has 0 aliphatic rings. The number of aromatic nitrogens is 1. The Labute approximate surface area is 160 Å². The molecule has 0 radical (unpaired) electrons. The van der Waals surface area contributed by atoms with Crippen LogP contribution in [0.15, 0.2) is 40.5 Å². The van der Waals surface area contributed by atoms with E-state index < -0.39 is 27.4 Å². The highest BCUT2D eigenvalue weighted by Crippen LogP contribution is 2.22. The van der Waals surface area contributed by atoms with Crippen LogP contribution in [-0.4, -0.2) is 48.5 Å². The van der Waals surface area contributed by atoms with Crippen molar-refractivity contribution in [2.24, 2.45) is 5.10 Å². The average Bonchev–Trinajstić information content (AvgIpc) is 2.61. The fourth-order valence-corrected chi connectivity index (χ4v) is 3.04. The van der Waals surface area contributed by atoms with Crippen molar-refractivity contribution in [2.75, 3.05) is 14.1 Å². The number of amides is 1. The highest BCUT2D eigenvalue weighted by molar-refractivity contribution is 7.89. The molecular weight excluding hydrogens is 399 g/mol. The third kappa shape index (κ3) is 4.59. The molecule has 0 saturated heterocycles. The molecule has 1 heterocycles. The topological polar surface area (TPSA) is 112 Å². The maximum atomic E-state index is 13.9. The van der Waals surface area contributed by atoms with Gasteiger partial charge in [0.1, 0.15) is 10.6 Å². The number of hydrogen-bond acceptors (Lipinski definition) is 6. The van der Waals surface area contributed by atoms with E-state index in [0.717, 1.165) is 16.6 Å². The van der Waals surface area contributed by atoms with Crippen LogP contribution in [0.5, 0.6) is 5.75 Å². The molecule has 0 bridgehead atoms. The predicted octanol–water partition coefficient (Wildman–Crippen LogP) is 1.98. The lowest BCUT2D eigenvalue weighted by Crippen LogP contribution is -2.25. The SMILES string of the molecule is C/C(=N\NC(=O)c1cc(S(=O)(=O)N(C)C)cnc1F)c1cc(Cl)ccc1O. The molecule has 2 aromatic rings. The van der Waals surface area contributed by atoms with E-state index in [1.807, 2.05) is 0 Å². The van der Waals surface area contributed by atoms with Gasteiger partial charge < -0.3 is 5.11 Å². The van der Waals surface area contributed by atoms with Crippen LogP contribution < -0.4 is 5.43 Å². The summed E-state index contributed by atoms with van der Waals surface area (Å²) in [5, 5.41) is 13.9. The number of sulfonamides is 1. The summed E-state index contributed by atoms with van der Waals surface area (Å²) < 4.78 is 39.0. The van der Waals surface area contributed by atoms with Crippen LogP contribution in [0.2, 0.25) is 5.02 Å². The summed E-state index contributed by atoms with van der Waals surface area (Å²) in [6, 6.07) is 5.14. The number of carbonyl (C=O) groups is 1. The van der Waals surface area contributed by atoms with E-state index in [-0.39, 0.29) is 21.9 Å². The van der Waals surface area contributed by atoms with E-state index >= 15 is 0 Å². The molecule has 1 amide bonds. The van der Waals surface area contributed by atoms with Crippen molar-refractivity contribution >= 4 is 33.2 Å². The number of nitrogens with one attached hydrogen (secondary N) is 1. The van der Waals surface area contributed by atoms with Crippen molar-refractivity contribution in [1.29, 1.82) is 0 Å². The second kappa shape index (κ2) is 7.99. The third-order valence-corrected chi connectivity index (χ3v) is 5.53. The third-order valence-electron chi connectivity index (χ3n) is 3.51. The van der Waals surface area contributed by atoms with Crippen LogP contribution in [0.4, 0.5) is 4.39 Å². The Morgan fingerprint density at radius 1 is 1.30 bits per heavy atom. The van der Waals surface area contributed by atoms with E-state index in [2.05, 4.69) is 15.5 Å². The zero-order valence-electron chi connectivity index (χ0n) is 14.6. The lowest BCUT2D eigenvalue weighted by Gasteiger charge is -2.12. The van der Waals surface area contributed by atoms with Crippen molar-refractivity contribution in [1.82, 2.24) is 14.7 Å².